The van der Waals surface area contributed by atoms with Crippen LogP contribution in [-0.2, 0) is 10.2 Å². The fraction of sp³-hybridized carbons (Fsp3) is 0.258. The molecule has 0 unspecified atom stereocenters. The van der Waals surface area contributed by atoms with Crippen LogP contribution < -0.4 is 10.3 Å². The fourth-order valence-corrected chi connectivity index (χ4v) is 4.46. The van der Waals surface area contributed by atoms with Crippen molar-refractivity contribution >= 4 is 28.6 Å². The zero-order chi connectivity index (χ0) is 26.0. The van der Waals surface area contributed by atoms with Crippen molar-refractivity contribution in [2.45, 2.75) is 32.6 Å². The van der Waals surface area contributed by atoms with Gasteiger partial charge >= 0.3 is 0 Å². The maximum Gasteiger partial charge on any atom is 0.266 e. The summed E-state index contributed by atoms with van der Waals surface area (Å²) in [6, 6.07) is 19.6. The zero-order valence-corrected chi connectivity index (χ0v) is 21.7. The van der Waals surface area contributed by atoms with Gasteiger partial charge in [0.25, 0.3) is 5.56 Å². The second-order valence-electron chi connectivity index (χ2n) is 10.1. The molecule has 3 heterocycles. The van der Waals surface area contributed by atoms with Gasteiger partial charge in [-0.25, -0.2) is 9.97 Å². The van der Waals surface area contributed by atoms with Crippen LogP contribution in [0.1, 0.15) is 49.8 Å². The van der Waals surface area contributed by atoms with Crippen molar-refractivity contribution in [3.63, 3.8) is 0 Å². The van der Waals surface area contributed by atoms with Crippen LogP contribution >= 0.6 is 0 Å². The first kappa shape index (κ1) is 24.7. The molecule has 5 rings (SSSR count). The van der Waals surface area contributed by atoms with E-state index in [0.29, 0.717) is 41.5 Å². The molecule has 0 bridgehead atoms. The molecule has 0 spiro atoms. The van der Waals surface area contributed by atoms with Gasteiger partial charge in [0.15, 0.2) is 0 Å². The standard InChI is InChI=1S/C31H31N3O3/c1-31(2,3)23-7-5-9-25(20-23)34-28(14-12-24-8-6-10-29(32-24)36-4)33-27-13-11-22(19-26(27)30(34)35)21-15-17-37-18-16-21/h5-15,19-20H,16-18H2,1-4H3/b14-12+. The predicted octanol–water partition coefficient (Wildman–Crippen LogP) is 6.06. The van der Waals surface area contributed by atoms with Crippen LogP contribution in [0.15, 0.2) is 71.5 Å². The van der Waals surface area contributed by atoms with Gasteiger partial charge in [-0.05, 0) is 71.0 Å². The highest BCUT2D eigenvalue weighted by Gasteiger charge is 2.17. The molecule has 0 atom stereocenters. The predicted molar refractivity (Wildman–Crippen MR) is 149 cm³/mol. The Bertz CT molecular complexity index is 1580. The highest BCUT2D eigenvalue weighted by atomic mass is 16.5. The number of hydrogen-bond acceptors (Lipinski definition) is 5. The summed E-state index contributed by atoms with van der Waals surface area (Å²) in [5.74, 6) is 1.06. The van der Waals surface area contributed by atoms with E-state index >= 15 is 0 Å². The normalized spacial score (nSPS) is 14.2. The number of aromatic nitrogens is 3. The van der Waals surface area contributed by atoms with E-state index in [1.165, 1.54) is 5.57 Å². The smallest absolute Gasteiger partial charge is 0.266 e. The zero-order valence-electron chi connectivity index (χ0n) is 21.7. The number of methoxy groups -OCH3 is 1. The highest BCUT2D eigenvalue weighted by molar-refractivity contribution is 5.84. The lowest BCUT2D eigenvalue weighted by Crippen LogP contribution is -2.23. The molecule has 37 heavy (non-hydrogen) atoms. The monoisotopic (exact) mass is 493 g/mol. The maximum absolute atomic E-state index is 14.1. The summed E-state index contributed by atoms with van der Waals surface area (Å²) >= 11 is 0. The van der Waals surface area contributed by atoms with Gasteiger partial charge in [-0.2, -0.15) is 0 Å². The Morgan fingerprint density at radius 2 is 1.84 bits per heavy atom. The third-order valence-electron chi connectivity index (χ3n) is 6.56. The average molecular weight is 494 g/mol. The van der Waals surface area contributed by atoms with Crippen molar-refractivity contribution in [3.05, 3.63) is 99.7 Å². The molecule has 188 valence electrons. The van der Waals surface area contributed by atoms with E-state index in [1.807, 2.05) is 54.6 Å². The van der Waals surface area contributed by atoms with Crippen LogP contribution in [0.4, 0.5) is 0 Å². The summed E-state index contributed by atoms with van der Waals surface area (Å²) in [5.41, 5.74) is 5.35. The highest BCUT2D eigenvalue weighted by Crippen LogP contribution is 2.27. The Morgan fingerprint density at radius 1 is 1.00 bits per heavy atom. The fourth-order valence-electron chi connectivity index (χ4n) is 4.46. The van der Waals surface area contributed by atoms with Crippen molar-refractivity contribution in [2.75, 3.05) is 20.3 Å². The average Bonchev–Trinajstić information content (AvgIpc) is 2.92. The minimum absolute atomic E-state index is 0.0624. The maximum atomic E-state index is 14.1. The number of pyridine rings is 1. The minimum atomic E-state index is -0.108. The van der Waals surface area contributed by atoms with Crippen molar-refractivity contribution in [1.82, 2.24) is 14.5 Å². The number of fused-ring (bicyclic) bond motifs is 1. The number of benzene rings is 2. The van der Waals surface area contributed by atoms with Crippen LogP contribution in [0, 0.1) is 0 Å². The summed E-state index contributed by atoms with van der Waals surface area (Å²) in [6.07, 6.45) is 6.60. The van der Waals surface area contributed by atoms with Gasteiger partial charge in [-0.1, -0.05) is 51.1 Å². The molecular formula is C31H31N3O3. The van der Waals surface area contributed by atoms with Crippen LogP contribution in [0.25, 0.3) is 34.3 Å². The molecule has 0 saturated carbocycles. The molecule has 0 radical (unpaired) electrons. The van der Waals surface area contributed by atoms with E-state index in [1.54, 1.807) is 17.7 Å². The van der Waals surface area contributed by atoms with Crippen LogP contribution in [0.2, 0.25) is 0 Å². The van der Waals surface area contributed by atoms with Gasteiger partial charge in [-0.15, -0.1) is 0 Å². The lowest BCUT2D eigenvalue weighted by molar-refractivity contribution is 0.161. The van der Waals surface area contributed by atoms with E-state index in [9.17, 15) is 4.79 Å². The Morgan fingerprint density at radius 3 is 2.59 bits per heavy atom. The van der Waals surface area contributed by atoms with E-state index in [-0.39, 0.29) is 11.0 Å². The first-order chi connectivity index (χ1) is 17.8. The molecule has 1 aliphatic heterocycles. The molecule has 2 aromatic carbocycles. The summed E-state index contributed by atoms with van der Waals surface area (Å²) in [5, 5.41) is 0.586. The Hall–Kier alpha value is -4.03. The SMILES string of the molecule is COc1cccc(/C=C/c2nc3ccc(C4=CCOCC4)cc3c(=O)n2-c2cccc(C(C)(C)C)c2)n1. The van der Waals surface area contributed by atoms with E-state index < -0.39 is 0 Å². The van der Waals surface area contributed by atoms with E-state index in [2.05, 4.69) is 44.0 Å². The Labute approximate surface area is 216 Å². The van der Waals surface area contributed by atoms with E-state index in [0.717, 1.165) is 23.2 Å². The largest absolute Gasteiger partial charge is 0.481 e. The minimum Gasteiger partial charge on any atom is -0.481 e. The topological polar surface area (TPSA) is 66.2 Å². The molecule has 0 N–H and O–H groups in total. The van der Waals surface area contributed by atoms with Gasteiger partial charge in [0.2, 0.25) is 5.88 Å². The molecule has 1 aliphatic rings. The summed E-state index contributed by atoms with van der Waals surface area (Å²) in [7, 11) is 1.59. The van der Waals surface area contributed by atoms with Gasteiger partial charge in [0.1, 0.15) is 5.82 Å². The summed E-state index contributed by atoms with van der Waals surface area (Å²) < 4.78 is 12.4. The second kappa shape index (κ2) is 10.1. The Balaban J connectivity index is 1.70. The molecule has 0 aliphatic carbocycles. The molecule has 6 heteroatoms. The lowest BCUT2D eigenvalue weighted by Gasteiger charge is -2.21. The van der Waals surface area contributed by atoms with Crippen molar-refractivity contribution in [3.8, 4) is 11.6 Å². The van der Waals surface area contributed by atoms with Gasteiger partial charge in [0, 0.05) is 6.07 Å². The van der Waals surface area contributed by atoms with Crippen LogP contribution in [0.5, 0.6) is 5.88 Å². The number of hydrogen-bond donors (Lipinski definition) is 0. The number of nitrogens with zero attached hydrogens (tertiary/aromatic N) is 3. The summed E-state index contributed by atoms with van der Waals surface area (Å²) in [4.78, 5) is 23.5. The third kappa shape index (κ3) is 5.25. The second-order valence-corrected chi connectivity index (χ2v) is 10.1. The lowest BCUT2D eigenvalue weighted by atomic mass is 9.87. The molecule has 6 nitrogen and oxygen atoms in total. The summed E-state index contributed by atoms with van der Waals surface area (Å²) in [6.45, 7) is 7.77. The number of rotatable bonds is 5. The third-order valence-corrected chi connectivity index (χ3v) is 6.56. The molecular weight excluding hydrogens is 462 g/mol. The van der Waals surface area contributed by atoms with Crippen molar-refractivity contribution < 1.29 is 9.47 Å². The van der Waals surface area contributed by atoms with Crippen molar-refractivity contribution in [1.29, 1.82) is 0 Å². The Kier molecular flexibility index (Phi) is 6.76. The first-order valence-corrected chi connectivity index (χ1v) is 12.5. The van der Waals surface area contributed by atoms with Gasteiger partial charge < -0.3 is 9.47 Å². The van der Waals surface area contributed by atoms with Gasteiger partial charge in [-0.3, -0.25) is 9.36 Å². The van der Waals surface area contributed by atoms with Gasteiger partial charge in [0.05, 0.1) is 42.6 Å². The molecule has 4 aromatic rings. The molecule has 0 amide bonds. The van der Waals surface area contributed by atoms with E-state index in [4.69, 9.17) is 14.5 Å². The molecule has 0 fully saturated rings. The number of ether oxygens (including phenoxy) is 2. The van der Waals surface area contributed by atoms with Crippen molar-refractivity contribution in [2.24, 2.45) is 0 Å². The van der Waals surface area contributed by atoms with Crippen LogP contribution in [-0.4, -0.2) is 34.9 Å². The molecule has 2 aromatic heterocycles. The molecule has 0 saturated heterocycles. The first-order valence-electron chi connectivity index (χ1n) is 12.5. The van der Waals surface area contributed by atoms with Crippen LogP contribution in [0.3, 0.4) is 0 Å². The quantitative estimate of drug-likeness (QED) is 0.338.